The molecule has 0 spiro atoms. The van der Waals surface area contributed by atoms with Crippen LogP contribution >= 0.6 is 23.4 Å². The molecule has 28 heavy (non-hydrogen) atoms. The number of anilines is 1. The minimum absolute atomic E-state index is 0.268. The minimum atomic E-state index is -3.51. The molecule has 146 valence electrons. The van der Waals surface area contributed by atoms with E-state index in [1.54, 1.807) is 23.9 Å². The first-order valence-electron chi connectivity index (χ1n) is 8.49. The molecule has 0 unspecified atom stereocenters. The summed E-state index contributed by atoms with van der Waals surface area (Å²) in [5, 5.41) is 5.24. The Morgan fingerprint density at radius 2 is 1.68 bits per heavy atom. The third kappa shape index (κ3) is 5.64. The standard InChI is InChI=1S/C20H19ClN2O3S2/c1-28(25,26)23-19-13-15-5-3-2-4-14(15)12-18(19)20(24)22-10-11-27-17-8-6-16(21)7-9-17/h2-9,12-13,23H,10-11H2,1H3,(H,22,24). The van der Waals surface area contributed by atoms with E-state index in [1.807, 2.05) is 48.5 Å². The molecule has 3 aromatic carbocycles. The average molecular weight is 435 g/mol. The molecule has 3 rings (SSSR count). The molecule has 0 aliphatic rings. The third-order valence-corrected chi connectivity index (χ3v) is 5.75. The van der Waals surface area contributed by atoms with Crippen molar-refractivity contribution in [2.75, 3.05) is 23.3 Å². The molecule has 1 amide bonds. The second-order valence-corrected chi connectivity index (χ2v) is 9.53. The topological polar surface area (TPSA) is 75.3 Å². The molecule has 0 heterocycles. The maximum atomic E-state index is 12.7. The Balaban J connectivity index is 1.72. The van der Waals surface area contributed by atoms with Gasteiger partial charge >= 0.3 is 0 Å². The van der Waals surface area contributed by atoms with Crippen LogP contribution in [-0.2, 0) is 10.0 Å². The van der Waals surface area contributed by atoms with Gasteiger partial charge in [0, 0.05) is 22.2 Å². The van der Waals surface area contributed by atoms with Crippen molar-refractivity contribution < 1.29 is 13.2 Å². The molecule has 8 heteroatoms. The van der Waals surface area contributed by atoms with Crippen LogP contribution in [0.1, 0.15) is 10.4 Å². The summed E-state index contributed by atoms with van der Waals surface area (Å²) in [6.45, 7) is 0.442. The Hall–Kier alpha value is -2.22. The first-order chi connectivity index (χ1) is 13.3. The molecular weight excluding hydrogens is 416 g/mol. The van der Waals surface area contributed by atoms with E-state index < -0.39 is 10.0 Å². The van der Waals surface area contributed by atoms with Gasteiger partial charge in [-0.05, 0) is 47.2 Å². The van der Waals surface area contributed by atoms with Gasteiger partial charge in [0.25, 0.3) is 5.91 Å². The maximum Gasteiger partial charge on any atom is 0.253 e. The lowest BCUT2D eigenvalue weighted by Crippen LogP contribution is -2.27. The third-order valence-electron chi connectivity index (χ3n) is 3.90. The number of fused-ring (bicyclic) bond motifs is 1. The number of carbonyl (C=O) groups is 1. The normalized spacial score (nSPS) is 11.4. The number of hydrogen-bond donors (Lipinski definition) is 2. The van der Waals surface area contributed by atoms with Gasteiger partial charge in [-0.25, -0.2) is 8.42 Å². The number of amides is 1. The maximum absolute atomic E-state index is 12.7. The first-order valence-corrected chi connectivity index (χ1v) is 11.7. The smallest absolute Gasteiger partial charge is 0.253 e. The molecule has 0 saturated heterocycles. The molecule has 0 saturated carbocycles. The van der Waals surface area contributed by atoms with Gasteiger partial charge in [0.1, 0.15) is 0 Å². The molecular formula is C20H19ClN2O3S2. The summed E-state index contributed by atoms with van der Waals surface area (Å²) in [5.41, 5.74) is 0.560. The Morgan fingerprint density at radius 3 is 2.32 bits per heavy atom. The Labute approximate surface area is 173 Å². The van der Waals surface area contributed by atoms with Gasteiger partial charge in [0.15, 0.2) is 0 Å². The number of carbonyl (C=O) groups excluding carboxylic acids is 1. The first kappa shape index (κ1) is 20.5. The van der Waals surface area contributed by atoms with Crippen LogP contribution in [0.4, 0.5) is 5.69 Å². The quantitative estimate of drug-likeness (QED) is 0.427. The Kier molecular flexibility index (Phi) is 6.49. The fraction of sp³-hybridized carbons (Fsp3) is 0.150. The molecule has 0 aliphatic carbocycles. The molecule has 5 nitrogen and oxygen atoms in total. The van der Waals surface area contributed by atoms with Crippen LogP contribution in [0.3, 0.4) is 0 Å². The van der Waals surface area contributed by atoms with Crippen molar-refractivity contribution in [3.8, 4) is 0 Å². The van der Waals surface area contributed by atoms with E-state index in [-0.39, 0.29) is 11.6 Å². The lowest BCUT2D eigenvalue weighted by Gasteiger charge is -2.13. The average Bonchev–Trinajstić information content (AvgIpc) is 2.64. The molecule has 0 atom stereocenters. The number of halogens is 1. The van der Waals surface area contributed by atoms with Crippen molar-refractivity contribution in [2.24, 2.45) is 0 Å². The van der Waals surface area contributed by atoms with Crippen molar-refractivity contribution in [2.45, 2.75) is 4.90 Å². The summed E-state index contributed by atoms with van der Waals surface area (Å²) in [6.07, 6.45) is 1.06. The Bertz CT molecular complexity index is 1100. The number of rotatable bonds is 7. The number of hydrogen-bond acceptors (Lipinski definition) is 4. The number of benzene rings is 3. The van der Waals surface area contributed by atoms with Crippen LogP contribution in [-0.4, -0.2) is 32.9 Å². The van der Waals surface area contributed by atoms with E-state index >= 15 is 0 Å². The van der Waals surface area contributed by atoms with Gasteiger partial charge in [-0.2, -0.15) is 0 Å². The zero-order chi connectivity index (χ0) is 20.1. The highest BCUT2D eigenvalue weighted by Crippen LogP contribution is 2.25. The summed E-state index contributed by atoms with van der Waals surface area (Å²) < 4.78 is 25.8. The lowest BCUT2D eigenvalue weighted by molar-refractivity contribution is 0.0957. The predicted molar refractivity (Wildman–Crippen MR) is 117 cm³/mol. The van der Waals surface area contributed by atoms with Crippen molar-refractivity contribution >= 4 is 55.8 Å². The summed E-state index contributed by atoms with van der Waals surface area (Å²) in [4.78, 5) is 13.7. The van der Waals surface area contributed by atoms with Gasteiger partial charge in [0.05, 0.1) is 17.5 Å². The lowest BCUT2D eigenvalue weighted by atomic mass is 10.0. The van der Waals surface area contributed by atoms with Crippen LogP contribution in [0.5, 0.6) is 0 Å². The summed E-state index contributed by atoms with van der Waals surface area (Å²) in [5.74, 6) is 0.351. The molecule has 3 aromatic rings. The van der Waals surface area contributed by atoms with Crippen LogP contribution in [0.2, 0.25) is 5.02 Å². The molecule has 0 aliphatic heterocycles. The number of nitrogens with one attached hydrogen (secondary N) is 2. The van der Waals surface area contributed by atoms with Gasteiger partial charge in [-0.15, -0.1) is 11.8 Å². The van der Waals surface area contributed by atoms with Gasteiger partial charge in [0.2, 0.25) is 10.0 Å². The van der Waals surface area contributed by atoms with Crippen LogP contribution in [0.25, 0.3) is 10.8 Å². The summed E-state index contributed by atoms with van der Waals surface area (Å²) in [6, 6.07) is 18.3. The van der Waals surface area contributed by atoms with E-state index in [0.29, 0.717) is 22.9 Å². The highest BCUT2D eigenvalue weighted by molar-refractivity contribution is 7.99. The largest absolute Gasteiger partial charge is 0.351 e. The minimum Gasteiger partial charge on any atom is -0.351 e. The monoisotopic (exact) mass is 434 g/mol. The van der Waals surface area contributed by atoms with Crippen molar-refractivity contribution in [3.05, 3.63) is 71.2 Å². The van der Waals surface area contributed by atoms with Crippen molar-refractivity contribution in [3.63, 3.8) is 0 Å². The summed E-state index contributed by atoms with van der Waals surface area (Å²) >= 11 is 7.47. The SMILES string of the molecule is CS(=O)(=O)Nc1cc2ccccc2cc1C(=O)NCCSc1ccc(Cl)cc1. The van der Waals surface area contributed by atoms with E-state index in [4.69, 9.17) is 11.6 Å². The molecule has 2 N–H and O–H groups in total. The second kappa shape index (κ2) is 8.86. The van der Waals surface area contributed by atoms with Gasteiger partial charge in [-0.1, -0.05) is 35.9 Å². The fourth-order valence-electron chi connectivity index (χ4n) is 2.67. The van der Waals surface area contributed by atoms with Crippen LogP contribution in [0.15, 0.2) is 65.6 Å². The zero-order valence-electron chi connectivity index (χ0n) is 15.1. The summed E-state index contributed by atoms with van der Waals surface area (Å²) in [7, 11) is -3.51. The highest BCUT2D eigenvalue weighted by Gasteiger charge is 2.15. The predicted octanol–water partition coefficient (Wildman–Crippen LogP) is 4.39. The van der Waals surface area contributed by atoms with Gasteiger partial charge < -0.3 is 5.32 Å². The van der Waals surface area contributed by atoms with E-state index in [2.05, 4.69) is 10.0 Å². The van der Waals surface area contributed by atoms with Crippen LogP contribution in [0, 0.1) is 0 Å². The van der Waals surface area contributed by atoms with Gasteiger partial charge in [-0.3, -0.25) is 9.52 Å². The zero-order valence-corrected chi connectivity index (χ0v) is 17.5. The highest BCUT2D eigenvalue weighted by atomic mass is 35.5. The molecule has 0 radical (unpaired) electrons. The second-order valence-electron chi connectivity index (χ2n) is 6.18. The van der Waals surface area contributed by atoms with Crippen LogP contribution < -0.4 is 10.0 Å². The fourth-order valence-corrected chi connectivity index (χ4v) is 4.13. The molecule has 0 fully saturated rings. The molecule has 0 aromatic heterocycles. The van der Waals surface area contributed by atoms with E-state index in [9.17, 15) is 13.2 Å². The number of sulfonamides is 1. The molecule has 0 bridgehead atoms. The Morgan fingerprint density at radius 1 is 1.04 bits per heavy atom. The van der Waals surface area contributed by atoms with Crippen molar-refractivity contribution in [1.82, 2.24) is 5.32 Å². The van der Waals surface area contributed by atoms with Crippen molar-refractivity contribution in [1.29, 1.82) is 0 Å². The van der Waals surface area contributed by atoms with E-state index in [1.165, 1.54) is 0 Å². The number of thioether (sulfide) groups is 1. The van der Waals surface area contributed by atoms with E-state index in [0.717, 1.165) is 21.9 Å².